The molecule has 0 N–H and O–H groups in total. The Morgan fingerprint density at radius 2 is 1.67 bits per heavy atom. The van der Waals surface area contributed by atoms with E-state index in [2.05, 4.69) is 4.40 Å². The highest BCUT2D eigenvalue weighted by molar-refractivity contribution is 8.45. The molecule has 0 aliphatic carbocycles. The Kier molecular flexibility index (Phi) is 3.89. The minimum Gasteiger partial charge on any atom is -0.234 e. The first kappa shape index (κ1) is 18.1. The molecule has 9 heteroatoms. The third-order valence-electron chi connectivity index (χ3n) is 2.44. The molecule has 0 aliphatic rings. The average molecular weight is 349 g/mol. The van der Waals surface area contributed by atoms with Gasteiger partial charge >= 0.3 is 10.2 Å². The maximum Gasteiger partial charge on any atom is 0.310 e. The maximum absolute atomic E-state index is 12.7. The van der Waals surface area contributed by atoms with Gasteiger partial charge in [-0.2, -0.15) is 4.40 Å². The van der Waals surface area contributed by atoms with Gasteiger partial charge in [0.2, 0.25) is 0 Å². The van der Waals surface area contributed by atoms with Crippen LogP contribution in [-0.4, -0.2) is 14.7 Å². The highest BCUT2D eigenvalue weighted by Gasteiger charge is 2.65. The Morgan fingerprint density at radius 1 is 1.14 bits per heavy atom. The van der Waals surface area contributed by atoms with Crippen LogP contribution in [0.4, 0.5) is 19.4 Å². The van der Waals surface area contributed by atoms with Crippen LogP contribution in [0.1, 0.15) is 33.3 Å². The van der Waals surface area contributed by atoms with Crippen LogP contribution < -0.4 is 0 Å². The molecule has 0 saturated heterocycles. The predicted molar refractivity (Wildman–Crippen MR) is 77.9 cm³/mol. The van der Waals surface area contributed by atoms with E-state index in [0.29, 0.717) is 12.1 Å². The van der Waals surface area contributed by atoms with Crippen molar-refractivity contribution in [1.82, 2.24) is 0 Å². The zero-order chi connectivity index (χ0) is 16.8. The first-order valence-electron chi connectivity index (χ1n) is 5.82. The molecule has 0 saturated carbocycles. The molecule has 2 nitrogen and oxygen atoms in total. The summed E-state index contributed by atoms with van der Waals surface area (Å²) in [6.07, 6.45) is 0. The van der Waals surface area contributed by atoms with E-state index in [1.807, 2.05) is 0 Å². The molecular weight excluding hydrogens is 333 g/mol. The fourth-order valence-corrected chi connectivity index (χ4v) is 2.59. The van der Waals surface area contributed by atoms with Gasteiger partial charge in [0.15, 0.2) is 0 Å². The normalized spacial score (nSPS) is 18.8. The Bertz CT molecular complexity index is 616. The molecule has 1 aromatic carbocycles. The Balaban J connectivity index is 3.31. The third-order valence-corrected chi connectivity index (χ3v) is 5.07. The quantitative estimate of drug-likeness (QED) is 0.515. The topological polar surface area (TPSA) is 29.4 Å². The molecule has 1 aromatic rings. The molecule has 0 amide bonds. The van der Waals surface area contributed by atoms with Crippen LogP contribution in [0.25, 0.3) is 0 Å². The molecular formula is C12H16F5NOS2. The van der Waals surface area contributed by atoms with Gasteiger partial charge in [-0.05, 0) is 45.4 Å². The van der Waals surface area contributed by atoms with Gasteiger partial charge in [0.25, 0.3) is 0 Å². The number of hydrogen-bond acceptors (Lipinski definition) is 1. The summed E-state index contributed by atoms with van der Waals surface area (Å²) < 4.78 is 78.6. The van der Waals surface area contributed by atoms with Crippen LogP contribution in [0, 0.1) is 0 Å². The summed E-state index contributed by atoms with van der Waals surface area (Å²) in [6, 6.07) is 2.74. The second-order valence-electron chi connectivity index (χ2n) is 5.54. The van der Waals surface area contributed by atoms with Crippen LogP contribution >= 0.6 is 10.2 Å². The zero-order valence-corrected chi connectivity index (χ0v) is 13.5. The van der Waals surface area contributed by atoms with Crippen LogP contribution in [0.15, 0.2) is 33.6 Å². The molecule has 0 fully saturated rings. The monoisotopic (exact) mass is 349 g/mol. The van der Waals surface area contributed by atoms with Gasteiger partial charge in [0.05, 0.1) is 10.5 Å². The highest BCUT2D eigenvalue weighted by atomic mass is 32.5. The van der Waals surface area contributed by atoms with E-state index >= 15 is 0 Å². The lowest BCUT2D eigenvalue weighted by Gasteiger charge is -2.40. The van der Waals surface area contributed by atoms with E-state index in [9.17, 15) is 23.6 Å². The lowest BCUT2D eigenvalue weighted by atomic mass is 10.1. The zero-order valence-electron chi connectivity index (χ0n) is 11.9. The smallest absolute Gasteiger partial charge is 0.234 e. The van der Waals surface area contributed by atoms with Crippen molar-refractivity contribution >= 4 is 26.9 Å². The Hall–Kier alpha value is -0.960. The lowest BCUT2D eigenvalue weighted by molar-refractivity contribution is 0.364. The van der Waals surface area contributed by atoms with E-state index in [-0.39, 0.29) is 11.3 Å². The minimum atomic E-state index is -9.73. The van der Waals surface area contributed by atoms with Gasteiger partial charge in [-0.25, -0.2) is 4.21 Å². The Labute approximate surface area is 122 Å². The summed E-state index contributed by atoms with van der Waals surface area (Å²) in [7, 11) is -11.4. The summed E-state index contributed by atoms with van der Waals surface area (Å²) in [5.41, 5.74) is -0.134. The molecule has 1 rings (SSSR count). The van der Waals surface area contributed by atoms with Gasteiger partial charge in [-0.15, -0.1) is 0 Å². The second kappa shape index (κ2) is 4.52. The summed E-state index contributed by atoms with van der Waals surface area (Å²) >= 11 is 0. The number of benzene rings is 1. The fourth-order valence-electron chi connectivity index (χ4n) is 1.28. The van der Waals surface area contributed by atoms with Crippen molar-refractivity contribution in [3.8, 4) is 0 Å². The van der Waals surface area contributed by atoms with Gasteiger partial charge in [-0.1, -0.05) is 31.6 Å². The van der Waals surface area contributed by atoms with E-state index in [1.165, 1.54) is 13.0 Å². The van der Waals surface area contributed by atoms with Gasteiger partial charge in [-0.3, -0.25) is 0 Å². The third kappa shape index (κ3) is 5.06. The molecule has 1 atom stereocenters. The van der Waals surface area contributed by atoms with Crippen molar-refractivity contribution < 1.29 is 23.6 Å². The molecule has 0 spiro atoms. The summed E-state index contributed by atoms with van der Waals surface area (Å²) in [5.74, 6) is 0. The van der Waals surface area contributed by atoms with Crippen molar-refractivity contribution in [3.05, 3.63) is 29.8 Å². The van der Waals surface area contributed by atoms with Crippen molar-refractivity contribution in [2.75, 3.05) is 0 Å². The summed E-state index contributed by atoms with van der Waals surface area (Å²) in [4.78, 5) is -1.98. The summed E-state index contributed by atoms with van der Waals surface area (Å²) in [5, 5.41) is 0. The second-order valence-corrected chi connectivity index (χ2v) is 9.85. The van der Waals surface area contributed by atoms with E-state index < -0.39 is 30.9 Å². The van der Waals surface area contributed by atoms with Crippen molar-refractivity contribution in [1.29, 1.82) is 0 Å². The predicted octanol–water partition coefficient (Wildman–Crippen LogP) is 5.62. The number of halogens is 5. The number of rotatable bonds is 3. The van der Waals surface area contributed by atoms with Crippen LogP contribution in [0.2, 0.25) is 0 Å². The highest BCUT2D eigenvalue weighted by Crippen LogP contribution is 3.02. The summed E-state index contributed by atoms with van der Waals surface area (Å²) in [6.45, 7) is 6.26. The van der Waals surface area contributed by atoms with Crippen molar-refractivity contribution in [2.24, 2.45) is 4.40 Å². The van der Waals surface area contributed by atoms with Crippen LogP contribution in [-0.2, 0) is 11.0 Å². The number of nitrogens with zero attached hydrogens (tertiary/aromatic N) is 1. The van der Waals surface area contributed by atoms with Crippen molar-refractivity contribution in [3.63, 3.8) is 0 Å². The molecule has 0 aliphatic heterocycles. The van der Waals surface area contributed by atoms with Gasteiger partial charge in [0.1, 0.15) is 15.9 Å². The molecule has 0 unspecified atom stereocenters. The molecule has 0 aromatic heterocycles. The molecule has 0 bridgehead atoms. The molecule has 21 heavy (non-hydrogen) atoms. The van der Waals surface area contributed by atoms with Crippen LogP contribution in [0.5, 0.6) is 0 Å². The molecule has 122 valence electrons. The average Bonchev–Trinajstić information content (AvgIpc) is 2.24. The largest absolute Gasteiger partial charge is 0.310 e. The standard InChI is InChI=1S/C12H16F5NOS2/c1-9(18-20(19)12(2,3)4)10-6-5-7-11(8-10)21(13,14,15,16)17/h5-8H,1-4H3/b18-9+/t20-/m1/s1. The maximum atomic E-state index is 12.7. The lowest BCUT2D eigenvalue weighted by Crippen LogP contribution is -2.20. The van der Waals surface area contributed by atoms with Gasteiger partial charge < -0.3 is 0 Å². The SMILES string of the molecule is C/C(=N\[S@](=O)C(C)(C)C)c1cccc(S(F)(F)(F)(F)F)c1. The first-order valence-corrected chi connectivity index (χ1v) is 8.88. The van der Waals surface area contributed by atoms with Crippen molar-refractivity contribution in [2.45, 2.75) is 37.3 Å². The Morgan fingerprint density at radius 3 is 2.10 bits per heavy atom. The van der Waals surface area contributed by atoms with Crippen LogP contribution in [0.3, 0.4) is 0 Å². The first-order chi connectivity index (χ1) is 9.00. The molecule has 0 heterocycles. The van der Waals surface area contributed by atoms with E-state index in [4.69, 9.17) is 0 Å². The number of hydrogen-bond donors (Lipinski definition) is 0. The van der Waals surface area contributed by atoms with E-state index in [1.54, 1.807) is 20.8 Å². The van der Waals surface area contributed by atoms with E-state index in [0.717, 1.165) is 6.07 Å². The minimum absolute atomic E-state index is 0.00644. The van der Waals surface area contributed by atoms with Gasteiger partial charge in [0, 0.05) is 0 Å². The molecule has 0 radical (unpaired) electrons. The fraction of sp³-hybridized carbons (Fsp3) is 0.417.